The molecule has 0 aromatic heterocycles. The Morgan fingerprint density at radius 2 is 2.00 bits per heavy atom. The summed E-state index contributed by atoms with van der Waals surface area (Å²) in [5.41, 5.74) is 2.70. The number of rotatable bonds is 6. The van der Waals surface area contributed by atoms with Crippen molar-refractivity contribution >= 4 is 5.91 Å². The quantitative estimate of drug-likeness (QED) is 0.788. The summed E-state index contributed by atoms with van der Waals surface area (Å²) in [4.78, 5) is 16.1. The van der Waals surface area contributed by atoms with Crippen molar-refractivity contribution in [3.63, 3.8) is 0 Å². The average molecular weight is 253 g/mol. The lowest BCUT2D eigenvalue weighted by molar-refractivity contribution is 0.0537. The van der Waals surface area contributed by atoms with Gasteiger partial charge >= 0.3 is 0 Å². The van der Waals surface area contributed by atoms with Gasteiger partial charge in [0.25, 0.3) is 5.91 Å². The number of amides is 1. The van der Waals surface area contributed by atoms with E-state index >= 15 is 0 Å². The molecule has 0 saturated heterocycles. The first-order chi connectivity index (χ1) is 8.58. The Bertz CT molecular complexity index is 404. The van der Waals surface area contributed by atoms with Crippen LogP contribution in [0.2, 0.25) is 0 Å². The van der Waals surface area contributed by atoms with E-state index in [1.54, 1.807) is 18.2 Å². The van der Waals surface area contributed by atoms with Gasteiger partial charge in [0.15, 0.2) is 11.5 Å². The van der Waals surface area contributed by atoms with Crippen LogP contribution in [0.3, 0.4) is 0 Å². The van der Waals surface area contributed by atoms with Crippen LogP contribution in [0.25, 0.3) is 0 Å². The normalized spacial score (nSPS) is 10.3. The topological polar surface area (TPSA) is 56.8 Å². The fourth-order valence-corrected chi connectivity index (χ4v) is 1.34. The monoisotopic (exact) mass is 253 g/mol. The second-order valence-corrected chi connectivity index (χ2v) is 4.21. The molecular weight excluding hydrogens is 234 g/mol. The molecule has 1 aromatic rings. The number of ether oxygens (including phenoxy) is 2. The summed E-state index contributed by atoms with van der Waals surface area (Å²) in [6.07, 6.45) is 0. The Labute approximate surface area is 107 Å². The smallest absolute Gasteiger partial charge is 0.274 e. The molecule has 0 saturated carbocycles. The van der Waals surface area contributed by atoms with Gasteiger partial charge in [0.1, 0.15) is 0 Å². The van der Waals surface area contributed by atoms with Gasteiger partial charge in [0, 0.05) is 5.56 Å². The van der Waals surface area contributed by atoms with Crippen LogP contribution >= 0.6 is 0 Å². The van der Waals surface area contributed by atoms with Crippen molar-refractivity contribution in [2.24, 2.45) is 5.92 Å². The lowest BCUT2D eigenvalue weighted by Gasteiger charge is -2.13. The average Bonchev–Trinajstić information content (AvgIpc) is 2.36. The van der Waals surface area contributed by atoms with Crippen molar-refractivity contribution in [3.8, 4) is 11.5 Å². The van der Waals surface area contributed by atoms with E-state index in [-0.39, 0.29) is 5.91 Å². The molecule has 0 bridgehead atoms. The molecule has 18 heavy (non-hydrogen) atoms. The van der Waals surface area contributed by atoms with E-state index < -0.39 is 0 Å². The minimum atomic E-state index is -0.328. The predicted molar refractivity (Wildman–Crippen MR) is 67.8 cm³/mol. The highest BCUT2D eigenvalue weighted by atomic mass is 16.6. The summed E-state index contributed by atoms with van der Waals surface area (Å²) in [6.45, 7) is 4.72. The molecule has 0 aliphatic rings. The molecule has 1 amide bonds. The van der Waals surface area contributed by atoms with Gasteiger partial charge in [0.2, 0.25) is 0 Å². The molecule has 0 atom stereocenters. The molecule has 1 rings (SSSR count). The lowest BCUT2D eigenvalue weighted by atomic mass is 10.2. The van der Waals surface area contributed by atoms with Crippen LogP contribution in [0.4, 0.5) is 0 Å². The third-order valence-corrected chi connectivity index (χ3v) is 2.19. The van der Waals surface area contributed by atoms with E-state index in [1.165, 1.54) is 14.2 Å². The molecule has 0 heterocycles. The Kier molecular flexibility index (Phi) is 5.45. The largest absolute Gasteiger partial charge is 0.493 e. The van der Waals surface area contributed by atoms with Crippen molar-refractivity contribution in [3.05, 3.63) is 23.8 Å². The minimum Gasteiger partial charge on any atom is -0.493 e. The first-order valence-corrected chi connectivity index (χ1v) is 5.72. The molecule has 100 valence electrons. The zero-order valence-electron chi connectivity index (χ0n) is 11.1. The van der Waals surface area contributed by atoms with E-state index in [2.05, 4.69) is 24.2 Å². The van der Waals surface area contributed by atoms with Crippen LogP contribution in [0, 0.1) is 5.92 Å². The van der Waals surface area contributed by atoms with Crippen LogP contribution in [0.15, 0.2) is 18.2 Å². The van der Waals surface area contributed by atoms with E-state index in [4.69, 9.17) is 9.47 Å². The summed E-state index contributed by atoms with van der Waals surface area (Å²) < 4.78 is 10.8. The summed E-state index contributed by atoms with van der Waals surface area (Å²) >= 11 is 0. The summed E-state index contributed by atoms with van der Waals surface area (Å²) in [6, 6.07) is 4.99. The number of carbonyl (C=O) groups excluding carboxylic acids is 1. The number of hydrogen-bond donors (Lipinski definition) is 1. The van der Waals surface area contributed by atoms with Crippen molar-refractivity contribution in [1.29, 1.82) is 0 Å². The molecule has 5 nitrogen and oxygen atoms in total. The molecule has 5 heteroatoms. The van der Waals surface area contributed by atoms with Gasteiger partial charge in [-0.05, 0) is 24.1 Å². The molecule has 0 fully saturated rings. The zero-order valence-corrected chi connectivity index (χ0v) is 11.1. The second kappa shape index (κ2) is 6.86. The van der Waals surface area contributed by atoms with E-state index in [0.29, 0.717) is 29.6 Å². The number of hydroxylamine groups is 1. The van der Waals surface area contributed by atoms with Gasteiger partial charge in [-0.2, -0.15) is 0 Å². The summed E-state index contributed by atoms with van der Waals surface area (Å²) in [5.74, 6) is 1.25. The van der Waals surface area contributed by atoms with Gasteiger partial charge in [-0.1, -0.05) is 13.8 Å². The van der Waals surface area contributed by atoms with Crippen molar-refractivity contribution in [2.45, 2.75) is 13.8 Å². The van der Waals surface area contributed by atoms with Gasteiger partial charge in [-0.25, -0.2) is 5.48 Å². The Hall–Kier alpha value is -1.75. The standard InChI is InChI=1S/C13H19NO4/c1-9(2)8-18-11-6-5-10(7-12(11)16-3)13(15)14-17-4/h5-7,9H,8H2,1-4H3,(H,14,15). The predicted octanol–water partition coefficient (Wildman–Crippen LogP) is 2.02. The highest BCUT2D eigenvalue weighted by Gasteiger charge is 2.11. The van der Waals surface area contributed by atoms with Crippen molar-refractivity contribution in [2.75, 3.05) is 20.8 Å². The molecule has 0 aliphatic carbocycles. The first kappa shape index (κ1) is 14.3. The van der Waals surface area contributed by atoms with Gasteiger partial charge in [-0.15, -0.1) is 0 Å². The van der Waals surface area contributed by atoms with Gasteiger partial charge in [-0.3, -0.25) is 9.63 Å². The Balaban J connectivity index is 2.85. The first-order valence-electron chi connectivity index (χ1n) is 5.72. The highest BCUT2D eigenvalue weighted by Crippen LogP contribution is 2.28. The van der Waals surface area contributed by atoms with Gasteiger partial charge < -0.3 is 9.47 Å². The fourth-order valence-electron chi connectivity index (χ4n) is 1.34. The Morgan fingerprint density at radius 3 is 2.56 bits per heavy atom. The maximum absolute atomic E-state index is 11.6. The van der Waals surface area contributed by atoms with Crippen LogP contribution in [0.1, 0.15) is 24.2 Å². The number of nitrogens with one attached hydrogen (secondary N) is 1. The zero-order chi connectivity index (χ0) is 13.5. The lowest BCUT2D eigenvalue weighted by Crippen LogP contribution is -2.21. The van der Waals surface area contributed by atoms with E-state index in [1.807, 2.05) is 0 Å². The summed E-state index contributed by atoms with van der Waals surface area (Å²) in [7, 11) is 2.92. The van der Waals surface area contributed by atoms with E-state index in [9.17, 15) is 4.79 Å². The third-order valence-electron chi connectivity index (χ3n) is 2.19. The fraction of sp³-hybridized carbons (Fsp3) is 0.462. The summed E-state index contributed by atoms with van der Waals surface area (Å²) in [5, 5.41) is 0. The van der Waals surface area contributed by atoms with Crippen molar-refractivity contribution < 1.29 is 19.1 Å². The molecule has 0 radical (unpaired) electrons. The van der Waals surface area contributed by atoms with Crippen LogP contribution < -0.4 is 15.0 Å². The SMILES string of the molecule is CONC(=O)c1ccc(OCC(C)C)c(OC)c1. The van der Waals surface area contributed by atoms with Crippen molar-refractivity contribution in [1.82, 2.24) is 5.48 Å². The third kappa shape index (κ3) is 3.92. The second-order valence-electron chi connectivity index (χ2n) is 4.21. The molecule has 0 aliphatic heterocycles. The van der Waals surface area contributed by atoms with Crippen LogP contribution in [-0.4, -0.2) is 26.7 Å². The minimum absolute atomic E-state index is 0.328. The molecular formula is C13H19NO4. The number of methoxy groups -OCH3 is 1. The van der Waals surface area contributed by atoms with Crippen LogP contribution in [0.5, 0.6) is 11.5 Å². The molecule has 0 spiro atoms. The molecule has 1 aromatic carbocycles. The number of benzene rings is 1. The van der Waals surface area contributed by atoms with Crippen LogP contribution in [-0.2, 0) is 4.84 Å². The number of hydrogen-bond acceptors (Lipinski definition) is 4. The highest BCUT2D eigenvalue weighted by molar-refractivity contribution is 5.94. The molecule has 0 unspecified atom stereocenters. The van der Waals surface area contributed by atoms with E-state index in [0.717, 1.165) is 0 Å². The molecule has 1 N–H and O–H groups in total. The Morgan fingerprint density at radius 1 is 1.28 bits per heavy atom. The van der Waals surface area contributed by atoms with Gasteiger partial charge in [0.05, 0.1) is 20.8 Å². The number of carbonyl (C=O) groups is 1. The maximum Gasteiger partial charge on any atom is 0.274 e. The maximum atomic E-state index is 11.6.